The van der Waals surface area contributed by atoms with Crippen molar-refractivity contribution >= 4 is 21.1 Å². The van der Waals surface area contributed by atoms with Crippen LogP contribution in [0.5, 0.6) is 0 Å². The van der Waals surface area contributed by atoms with Crippen LogP contribution in [0.15, 0.2) is 29.4 Å². The number of hydrogen-bond donors (Lipinski definition) is 2. The van der Waals surface area contributed by atoms with Crippen molar-refractivity contribution in [3.05, 3.63) is 24.5 Å². The van der Waals surface area contributed by atoms with Gasteiger partial charge < -0.3 is 10.1 Å². The van der Waals surface area contributed by atoms with E-state index in [2.05, 4.69) is 9.97 Å². The molecule has 1 fully saturated rings. The van der Waals surface area contributed by atoms with Gasteiger partial charge in [0.1, 0.15) is 10.5 Å². The first kappa shape index (κ1) is 13.5. The number of aliphatic hydroxyl groups is 1. The van der Waals surface area contributed by atoms with E-state index >= 15 is 0 Å². The number of hydrogen-bond acceptors (Lipinski definition) is 4. The molecule has 108 valence electrons. The van der Waals surface area contributed by atoms with E-state index in [0.717, 1.165) is 0 Å². The summed E-state index contributed by atoms with van der Waals surface area (Å²) >= 11 is 0. The molecule has 1 aliphatic carbocycles. The molecule has 0 spiro atoms. The standard InChI is InChI=1S/C13H17N3O3S/c1-16(8-9-5-10(17)6-9)20(18,19)12-7-15-13-11(12)3-2-4-14-13/h2-4,7,9-10,17H,5-6,8H2,1H3,(H,14,15). The molecule has 0 bridgehead atoms. The van der Waals surface area contributed by atoms with Gasteiger partial charge in [0, 0.05) is 31.4 Å². The van der Waals surface area contributed by atoms with Crippen molar-refractivity contribution in [3.63, 3.8) is 0 Å². The molecule has 0 atom stereocenters. The smallest absolute Gasteiger partial charge is 0.245 e. The molecule has 2 aromatic heterocycles. The Bertz CT molecular complexity index is 719. The average molecular weight is 295 g/mol. The summed E-state index contributed by atoms with van der Waals surface area (Å²) in [5.74, 6) is 0.244. The zero-order chi connectivity index (χ0) is 14.3. The Morgan fingerprint density at radius 1 is 1.50 bits per heavy atom. The molecular formula is C13H17N3O3S. The van der Waals surface area contributed by atoms with E-state index < -0.39 is 10.0 Å². The lowest BCUT2D eigenvalue weighted by Gasteiger charge is -2.33. The van der Waals surface area contributed by atoms with Crippen molar-refractivity contribution in [2.75, 3.05) is 13.6 Å². The lowest BCUT2D eigenvalue weighted by atomic mass is 9.82. The van der Waals surface area contributed by atoms with Gasteiger partial charge in [0.05, 0.1) is 6.10 Å². The summed E-state index contributed by atoms with van der Waals surface area (Å²) in [4.78, 5) is 7.23. The third-order valence-corrected chi connectivity index (χ3v) is 5.69. The molecule has 1 saturated carbocycles. The Morgan fingerprint density at radius 2 is 2.25 bits per heavy atom. The van der Waals surface area contributed by atoms with E-state index in [1.165, 1.54) is 10.5 Å². The number of nitrogens with one attached hydrogen (secondary N) is 1. The molecule has 1 aliphatic rings. The fourth-order valence-electron chi connectivity index (χ4n) is 2.62. The number of aromatic nitrogens is 2. The zero-order valence-electron chi connectivity index (χ0n) is 11.2. The fourth-order valence-corrected chi connectivity index (χ4v) is 4.02. The summed E-state index contributed by atoms with van der Waals surface area (Å²) in [6.07, 6.45) is 4.19. The molecule has 3 rings (SSSR count). The molecule has 0 aliphatic heterocycles. The topological polar surface area (TPSA) is 86.3 Å². The monoisotopic (exact) mass is 295 g/mol. The van der Waals surface area contributed by atoms with Crippen LogP contribution in [0.25, 0.3) is 11.0 Å². The van der Waals surface area contributed by atoms with E-state index in [1.54, 1.807) is 25.4 Å². The van der Waals surface area contributed by atoms with E-state index in [1.807, 2.05) is 0 Å². The summed E-state index contributed by atoms with van der Waals surface area (Å²) in [7, 11) is -1.95. The summed E-state index contributed by atoms with van der Waals surface area (Å²) in [6.45, 7) is 0.437. The van der Waals surface area contributed by atoms with Gasteiger partial charge in [-0.25, -0.2) is 17.7 Å². The number of pyridine rings is 1. The highest BCUT2D eigenvalue weighted by atomic mass is 32.2. The molecule has 0 saturated heterocycles. The highest BCUT2D eigenvalue weighted by Crippen LogP contribution is 2.30. The van der Waals surface area contributed by atoms with Crippen LogP contribution >= 0.6 is 0 Å². The molecule has 0 amide bonds. The van der Waals surface area contributed by atoms with E-state index in [4.69, 9.17) is 0 Å². The predicted molar refractivity (Wildman–Crippen MR) is 74.6 cm³/mol. The van der Waals surface area contributed by atoms with E-state index in [9.17, 15) is 13.5 Å². The quantitative estimate of drug-likeness (QED) is 0.879. The van der Waals surface area contributed by atoms with Crippen molar-refractivity contribution < 1.29 is 13.5 Å². The number of fused-ring (bicyclic) bond motifs is 1. The van der Waals surface area contributed by atoms with Crippen molar-refractivity contribution in [1.29, 1.82) is 0 Å². The normalized spacial score (nSPS) is 23.1. The van der Waals surface area contributed by atoms with Crippen LogP contribution in [-0.2, 0) is 10.0 Å². The number of rotatable bonds is 4. The van der Waals surface area contributed by atoms with Gasteiger partial charge >= 0.3 is 0 Å². The van der Waals surface area contributed by atoms with Gasteiger partial charge in [0.2, 0.25) is 10.0 Å². The second kappa shape index (κ2) is 4.83. The molecule has 7 heteroatoms. The molecule has 0 radical (unpaired) electrons. The van der Waals surface area contributed by atoms with Crippen molar-refractivity contribution in [3.8, 4) is 0 Å². The fraction of sp³-hybridized carbons (Fsp3) is 0.462. The maximum atomic E-state index is 12.6. The minimum Gasteiger partial charge on any atom is -0.393 e. The predicted octanol–water partition coefficient (Wildman–Crippen LogP) is 0.954. The van der Waals surface area contributed by atoms with Crippen molar-refractivity contribution in [2.24, 2.45) is 5.92 Å². The van der Waals surface area contributed by atoms with Crippen LogP contribution in [0.4, 0.5) is 0 Å². The summed E-state index contributed by atoms with van der Waals surface area (Å²) in [6, 6.07) is 3.46. The van der Waals surface area contributed by atoms with Crippen LogP contribution in [0.2, 0.25) is 0 Å². The number of nitrogens with zero attached hydrogens (tertiary/aromatic N) is 2. The Hall–Kier alpha value is -1.44. The van der Waals surface area contributed by atoms with E-state index in [-0.39, 0.29) is 16.9 Å². The second-order valence-corrected chi connectivity index (χ2v) is 7.34. The SMILES string of the molecule is CN(CC1CC(O)C1)S(=O)(=O)c1c[nH]c2ncccc12. The lowest BCUT2D eigenvalue weighted by molar-refractivity contribution is 0.0367. The summed E-state index contributed by atoms with van der Waals surface area (Å²) in [5.41, 5.74) is 0.568. The molecule has 2 N–H and O–H groups in total. The average Bonchev–Trinajstić information content (AvgIpc) is 2.81. The molecule has 0 unspecified atom stereocenters. The van der Waals surface area contributed by atoms with Crippen LogP contribution in [0, 0.1) is 5.92 Å². The lowest BCUT2D eigenvalue weighted by Crippen LogP contribution is -2.39. The first-order valence-corrected chi connectivity index (χ1v) is 7.99. The van der Waals surface area contributed by atoms with Gasteiger partial charge in [-0.15, -0.1) is 0 Å². The minimum absolute atomic E-state index is 0.244. The van der Waals surface area contributed by atoms with Gasteiger partial charge in [-0.1, -0.05) is 0 Å². The van der Waals surface area contributed by atoms with Gasteiger partial charge in [-0.3, -0.25) is 0 Å². The number of H-pyrrole nitrogens is 1. The Morgan fingerprint density at radius 3 is 2.95 bits per heavy atom. The molecule has 20 heavy (non-hydrogen) atoms. The summed E-state index contributed by atoms with van der Waals surface area (Å²) in [5, 5.41) is 9.88. The van der Waals surface area contributed by atoms with Gasteiger partial charge in [-0.05, 0) is 30.9 Å². The highest BCUT2D eigenvalue weighted by Gasteiger charge is 2.32. The Balaban J connectivity index is 1.87. The zero-order valence-corrected chi connectivity index (χ0v) is 12.0. The molecule has 6 nitrogen and oxygen atoms in total. The van der Waals surface area contributed by atoms with Crippen LogP contribution in [0.1, 0.15) is 12.8 Å². The highest BCUT2D eigenvalue weighted by molar-refractivity contribution is 7.89. The van der Waals surface area contributed by atoms with Crippen LogP contribution in [-0.4, -0.2) is 47.5 Å². The van der Waals surface area contributed by atoms with Crippen LogP contribution in [0.3, 0.4) is 0 Å². The third kappa shape index (κ3) is 2.21. The first-order chi connectivity index (χ1) is 9.48. The van der Waals surface area contributed by atoms with Crippen LogP contribution < -0.4 is 0 Å². The first-order valence-electron chi connectivity index (χ1n) is 6.55. The molecular weight excluding hydrogens is 278 g/mol. The maximum Gasteiger partial charge on any atom is 0.245 e. The second-order valence-electron chi connectivity index (χ2n) is 5.33. The Kier molecular flexibility index (Phi) is 3.27. The van der Waals surface area contributed by atoms with Gasteiger partial charge in [0.25, 0.3) is 0 Å². The number of sulfonamides is 1. The minimum atomic E-state index is -3.53. The van der Waals surface area contributed by atoms with E-state index in [0.29, 0.717) is 30.4 Å². The summed E-state index contributed by atoms with van der Waals surface area (Å²) < 4.78 is 26.5. The molecule has 2 heterocycles. The largest absolute Gasteiger partial charge is 0.393 e. The van der Waals surface area contributed by atoms with Gasteiger partial charge in [-0.2, -0.15) is 0 Å². The molecule has 2 aromatic rings. The maximum absolute atomic E-state index is 12.6. The van der Waals surface area contributed by atoms with Gasteiger partial charge in [0.15, 0.2) is 0 Å². The number of aromatic amines is 1. The van der Waals surface area contributed by atoms with Crippen molar-refractivity contribution in [1.82, 2.24) is 14.3 Å². The van der Waals surface area contributed by atoms with Crippen molar-refractivity contribution in [2.45, 2.75) is 23.8 Å². The number of aliphatic hydroxyl groups excluding tert-OH is 1. The molecule has 0 aromatic carbocycles. The Labute approximate surface area is 117 Å². The third-order valence-electron chi connectivity index (χ3n) is 3.83.